The lowest BCUT2D eigenvalue weighted by Crippen LogP contribution is -2.30. The quantitative estimate of drug-likeness (QED) is 0.649. The summed E-state index contributed by atoms with van der Waals surface area (Å²) in [4.78, 5) is 28.7. The maximum atomic E-state index is 13.2. The van der Waals surface area contributed by atoms with Gasteiger partial charge < -0.3 is 9.80 Å². The average molecular weight is 418 g/mol. The lowest BCUT2D eigenvalue weighted by Gasteiger charge is -2.21. The molecule has 2 amide bonds. The molecular weight excluding hydrogens is 395 g/mol. The predicted octanol–water partition coefficient (Wildman–Crippen LogP) is 3.86. The second-order valence-corrected chi connectivity index (χ2v) is 8.03. The average Bonchev–Trinajstić information content (AvgIpc) is 3.34. The molecule has 0 aliphatic carbocycles. The minimum Gasteiger partial charge on any atom is -0.333 e. The Morgan fingerprint density at radius 1 is 0.935 bits per heavy atom. The minimum atomic E-state index is -0.276. The van der Waals surface area contributed by atoms with E-state index in [2.05, 4.69) is 5.10 Å². The van der Waals surface area contributed by atoms with Crippen molar-refractivity contribution in [2.24, 2.45) is 0 Å². The summed E-state index contributed by atoms with van der Waals surface area (Å²) in [5, 5.41) is 4.66. The van der Waals surface area contributed by atoms with Crippen LogP contribution in [0.3, 0.4) is 0 Å². The molecule has 3 heterocycles. The zero-order valence-electron chi connectivity index (χ0n) is 17.1. The molecule has 0 unspecified atom stereocenters. The number of benzene rings is 2. The first kappa shape index (κ1) is 19.5. The van der Waals surface area contributed by atoms with Gasteiger partial charge in [0.25, 0.3) is 5.91 Å². The van der Waals surface area contributed by atoms with E-state index in [0.29, 0.717) is 25.1 Å². The van der Waals surface area contributed by atoms with Crippen LogP contribution in [0.2, 0.25) is 0 Å². The van der Waals surface area contributed by atoms with Gasteiger partial charge in [-0.15, -0.1) is 0 Å². The van der Waals surface area contributed by atoms with Crippen LogP contribution < -0.4 is 4.90 Å². The summed E-state index contributed by atoms with van der Waals surface area (Å²) in [7, 11) is 0. The molecule has 0 saturated carbocycles. The summed E-state index contributed by atoms with van der Waals surface area (Å²) in [6, 6.07) is 15.6. The van der Waals surface area contributed by atoms with Gasteiger partial charge in [-0.1, -0.05) is 0 Å². The van der Waals surface area contributed by atoms with Gasteiger partial charge in [0.1, 0.15) is 5.82 Å². The molecule has 3 aromatic rings. The van der Waals surface area contributed by atoms with E-state index in [1.165, 1.54) is 12.1 Å². The van der Waals surface area contributed by atoms with Crippen molar-refractivity contribution in [2.45, 2.75) is 32.4 Å². The van der Waals surface area contributed by atoms with Crippen LogP contribution >= 0.6 is 0 Å². The summed E-state index contributed by atoms with van der Waals surface area (Å²) < 4.78 is 15.2. The maximum absolute atomic E-state index is 13.2. The lowest BCUT2D eigenvalue weighted by molar-refractivity contribution is -0.117. The molecule has 31 heavy (non-hydrogen) atoms. The highest BCUT2D eigenvalue weighted by atomic mass is 19.1. The topological polar surface area (TPSA) is 58.4 Å². The van der Waals surface area contributed by atoms with Crippen molar-refractivity contribution in [3.63, 3.8) is 0 Å². The minimum absolute atomic E-state index is 0.0303. The van der Waals surface area contributed by atoms with Crippen LogP contribution in [-0.2, 0) is 17.9 Å². The third-order valence-corrected chi connectivity index (χ3v) is 5.94. The van der Waals surface area contributed by atoms with E-state index in [9.17, 15) is 14.0 Å². The molecule has 0 radical (unpaired) electrons. The van der Waals surface area contributed by atoms with Crippen molar-refractivity contribution in [3.05, 3.63) is 71.7 Å². The molecule has 0 atom stereocenters. The first-order chi connectivity index (χ1) is 15.1. The van der Waals surface area contributed by atoms with Gasteiger partial charge in [0.2, 0.25) is 5.91 Å². The van der Waals surface area contributed by atoms with Crippen LogP contribution in [0.25, 0.3) is 11.3 Å². The number of carbonyl (C=O) groups is 2. The molecule has 2 aromatic carbocycles. The zero-order chi connectivity index (χ0) is 21.4. The second kappa shape index (κ2) is 7.98. The Balaban J connectivity index is 1.34. The van der Waals surface area contributed by atoms with Gasteiger partial charge in [-0.2, -0.15) is 5.10 Å². The number of aromatic nitrogens is 2. The van der Waals surface area contributed by atoms with Crippen molar-refractivity contribution >= 4 is 17.5 Å². The Labute approximate surface area is 179 Å². The Morgan fingerprint density at radius 2 is 1.71 bits per heavy atom. The molecule has 1 aromatic heterocycles. The molecule has 0 spiro atoms. The van der Waals surface area contributed by atoms with Crippen LogP contribution in [0.4, 0.5) is 10.1 Å². The molecule has 1 saturated heterocycles. The number of nitrogens with zero attached hydrogens (tertiary/aromatic N) is 4. The first-order valence-electron chi connectivity index (χ1n) is 10.6. The van der Waals surface area contributed by atoms with Crippen LogP contribution in [-0.4, -0.2) is 39.6 Å². The van der Waals surface area contributed by atoms with E-state index >= 15 is 0 Å². The predicted molar refractivity (Wildman–Crippen MR) is 115 cm³/mol. The number of halogens is 1. The maximum Gasteiger partial charge on any atom is 0.254 e. The third-order valence-electron chi connectivity index (χ3n) is 5.94. The van der Waals surface area contributed by atoms with Crippen molar-refractivity contribution in [2.75, 3.05) is 18.0 Å². The Hall–Kier alpha value is -3.48. The van der Waals surface area contributed by atoms with E-state index in [0.717, 1.165) is 48.6 Å². The van der Waals surface area contributed by atoms with Crippen molar-refractivity contribution in [3.8, 4) is 11.3 Å². The Morgan fingerprint density at radius 3 is 2.42 bits per heavy atom. The highest BCUT2D eigenvalue weighted by Gasteiger charge is 2.24. The second-order valence-electron chi connectivity index (χ2n) is 8.03. The summed E-state index contributed by atoms with van der Waals surface area (Å²) >= 11 is 0. The monoisotopic (exact) mass is 418 g/mol. The van der Waals surface area contributed by atoms with Gasteiger partial charge in [0.05, 0.1) is 17.9 Å². The molecular formula is C24H23FN4O2. The Bertz CT molecular complexity index is 1120. The number of aryl methyl sites for hydroxylation is 1. The number of hydrogen-bond acceptors (Lipinski definition) is 3. The smallest absolute Gasteiger partial charge is 0.254 e. The van der Waals surface area contributed by atoms with E-state index in [1.807, 2.05) is 27.8 Å². The number of carbonyl (C=O) groups excluding carboxylic acids is 2. The molecule has 2 aliphatic heterocycles. The fourth-order valence-corrected chi connectivity index (χ4v) is 4.29. The normalized spacial score (nSPS) is 16.4. The van der Waals surface area contributed by atoms with Crippen LogP contribution in [0.15, 0.2) is 54.6 Å². The molecule has 1 fully saturated rings. The van der Waals surface area contributed by atoms with Gasteiger partial charge in [0.15, 0.2) is 0 Å². The highest BCUT2D eigenvalue weighted by Crippen LogP contribution is 2.25. The molecule has 0 bridgehead atoms. The third kappa shape index (κ3) is 3.83. The van der Waals surface area contributed by atoms with E-state index in [-0.39, 0.29) is 17.6 Å². The van der Waals surface area contributed by atoms with Crippen LogP contribution in [0, 0.1) is 5.82 Å². The molecule has 0 N–H and O–H groups in total. The van der Waals surface area contributed by atoms with Gasteiger partial charge >= 0.3 is 0 Å². The number of rotatable bonds is 3. The van der Waals surface area contributed by atoms with Crippen molar-refractivity contribution in [1.82, 2.24) is 14.7 Å². The van der Waals surface area contributed by atoms with Gasteiger partial charge in [-0.05, 0) is 67.4 Å². The van der Waals surface area contributed by atoms with Crippen molar-refractivity contribution in [1.29, 1.82) is 0 Å². The SMILES string of the molecule is O=C(c1ccc(N2CCCC2=O)cc1)N1CCCn2nc(-c3ccc(F)cc3)cc2C1. The molecule has 2 aliphatic rings. The van der Waals surface area contributed by atoms with Crippen LogP contribution in [0.5, 0.6) is 0 Å². The number of anilines is 1. The number of hydrogen-bond donors (Lipinski definition) is 0. The number of amides is 2. The fourth-order valence-electron chi connectivity index (χ4n) is 4.29. The van der Waals surface area contributed by atoms with E-state index in [4.69, 9.17) is 0 Å². The molecule has 7 heteroatoms. The fraction of sp³-hybridized carbons (Fsp3) is 0.292. The number of fused-ring (bicyclic) bond motifs is 1. The summed E-state index contributed by atoms with van der Waals surface area (Å²) in [5.41, 5.74) is 4.05. The molecule has 6 nitrogen and oxygen atoms in total. The van der Waals surface area contributed by atoms with Gasteiger partial charge in [-0.3, -0.25) is 14.3 Å². The van der Waals surface area contributed by atoms with E-state index in [1.54, 1.807) is 29.2 Å². The molecule has 5 rings (SSSR count). The molecule has 158 valence electrons. The van der Waals surface area contributed by atoms with Crippen LogP contribution in [0.1, 0.15) is 35.3 Å². The van der Waals surface area contributed by atoms with E-state index < -0.39 is 0 Å². The lowest BCUT2D eigenvalue weighted by atomic mass is 10.1. The van der Waals surface area contributed by atoms with Gasteiger partial charge in [0, 0.05) is 42.9 Å². The summed E-state index contributed by atoms with van der Waals surface area (Å²) in [6.45, 7) is 2.59. The highest BCUT2D eigenvalue weighted by molar-refractivity contribution is 5.97. The largest absolute Gasteiger partial charge is 0.333 e. The summed E-state index contributed by atoms with van der Waals surface area (Å²) in [5.74, 6) is -0.171. The standard InChI is InChI=1S/C24H23FN4O2/c25-19-8-4-17(5-9-19)22-15-21-16-27(12-2-14-29(21)26-22)24(31)18-6-10-20(11-7-18)28-13-1-3-23(28)30/h4-11,15H,1-3,12-14,16H2. The van der Waals surface area contributed by atoms with Gasteiger partial charge in [-0.25, -0.2) is 4.39 Å². The Kier molecular flexibility index (Phi) is 5.02. The summed E-state index contributed by atoms with van der Waals surface area (Å²) in [6.07, 6.45) is 2.27. The first-order valence-corrected chi connectivity index (χ1v) is 10.6. The zero-order valence-corrected chi connectivity index (χ0v) is 17.1. The van der Waals surface area contributed by atoms with Crippen molar-refractivity contribution < 1.29 is 14.0 Å².